The van der Waals surface area contributed by atoms with Crippen LogP contribution >= 0.6 is 0 Å². The van der Waals surface area contributed by atoms with Crippen molar-refractivity contribution in [2.75, 3.05) is 31.7 Å². The predicted octanol–water partition coefficient (Wildman–Crippen LogP) is -0.0995. The van der Waals surface area contributed by atoms with Gasteiger partial charge in [-0.25, -0.2) is 0 Å². The summed E-state index contributed by atoms with van der Waals surface area (Å²) in [5.74, 6) is -1.62. The number of aliphatic hydroxyl groups excluding tert-OH is 3. The molecule has 1 rings (SSSR count). The van der Waals surface area contributed by atoms with Gasteiger partial charge in [-0.1, -0.05) is 12.1 Å². The summed E-state index contributed by atoms with van der Waals surface area (Å²) in [6, 6.07) is -1.82. The largest absolute Gasteiger partial charge is 0.394 e. The van der Waals surface area contributed by atoms with Crippen molar-refractivity contribution < 1.29 is 29.7 Å². The molecule has 11 nitrogen and oxygen atoms in total. The number of hydrogen-bond acceptors (Lipinski definition) is 8. The Hall–Kier alpha value is -2.89. The minimum absolute atomic E-state index is 0.0936. The third-order valence-corrected chi connectivity index (χ3v) is 4.92. The Morgan fingerprint density at radius 3 is 1.68 bits per heavy atom. The van der Waals surface area contributed by atoms with Gasteiger partial charge in [0.15, 0.2) is 0 Å². The first kappa shape index (κ1) is 26.1. The van der Waals surface area contributed by atoms with Crippen LogP contribution in [0, 0.1) is 25.7 Å². The molecule has 31 heavy (non-hydrogen) atoms. The predicted molar refractivity (Wildman–Crippen MR) is 114 cm³/mol. The number of aliphatic hydroxyl groups is 3. The molecule has 11 heteroatoms. The summed E-state index contributed by atoms with van der Waals surface area (Å²) in [6.07, 6.45) is 0.171. The van der Waals surface area contributed by atoms with Crippen LogP contribution in [-0.4, -0.2) is 71.5 Å². The van der Waals surface area contributed by atoms with Gasteiger partial charge in [-0.15, -0.1) is 0 Å². The number of carbonyl (C=O) groups is 3. The van der Waals surface area contributed by atoms with Gasteiger partial charge in [-0.3, -0.25) is 14.4 Å². The molecule has 0 aliphatic rings. The van der Waals surface area contributed by atoms with Crippen molar-refractivity contribution in [2.24, 2.45) is 5.18 Å². The zero-order chi connectivity index (χ0) is 23.7. The van der Waals surface area contributed by atoms with E-state index in [1.54, 1.807) is 27.7 Å². The summed E-state index contributed by atoms with van der Waals surface area (Å²) in [5, 5.41) is 38.3. The highest BCUT2D eigenvalue weighted by Gasteiger charge is 2.27. The highest BCUT2D eigenvalue weighted by atomic mass is 16.3. The Kier molecular flexibility index (Phi) is 10.2. The van der Waals surface area contributed by atoms with E-state index in [0.717, 1.165) is 0 Å². The number of hydrogen-bond donors (Lipinski definition) is 6. The summed E-state index contributed by atoms with van der Waals surface area (Å²) in [6.45, 7) is 4.59. The molecule has 6 N–H and O–H groups in total. The maximum absolute atomic E-state index is 13.0. The van der Waals surface area contributed by atoms with Crippen LogP contribution in [0.15, 0.2) is 5.18 Å². The number of amides is 3. The Morgan fingerprint density at radius 2 is 1.29 bits per heavy atom. The van der Waals surface area contributed by atoms with Crippen molar-refractivity contribution in [1.29, 1.82) is 0 Å². The van der Waals surface area contributed by atoms with Crippen LogP contribution in [0.3, 0.4) is 0 Å². The van der Waals surface area contributed by atoms with Crippen molar-refractivity contribution >= 4 is 23.4 Å². The molecule has 172 valence electrons. The second-order valence-electron chi connectivity index (χ2n) is 7.10. The van der Waals surface area contributed by atoms with Gasteiger partial charge in [0, 0.05) is 23.2 Å². The Labute approximate surface area is 180 Å². The fourth-order valence-electron chi connectivity index (χ4n) is 3.22. The fourth-order valence-corrected chi connectivity index (χ4v) is 3.22. The van der Waals surface area contributed by atoms with E-state index in [2.05, 4.69) is 21.1 Å². The van der Waals surface area contributed by atoms with Crippen LogP contribution in [0.4, 0.5) is 5.69 Å². The van der Waals surface area contributed by atoms with E-state index in [0.29, 0.717) is 16.7 Å². The van der Waals surface area contributed by atoms with Crippen LogP contribution in [0.1, 0.15) is 50.8 Å². The molecule has 1 atom stereocenters. The van der Waals surface area contributed by atoms with Crippen molar-refractivity contribution in [3.63, 3.8) is 0 Å². The lowest BCUT2D eigenvalue weighted by Gasteiger charge is -2.24. The van der Waals surface area contributed by atoms with Crippen molar-refractivity contribution in [2.45, 2.75) is 46.2 Å². The second-order valence-corrected chi connectivity index (χ2v) is 7.10. The number of carbonyl (C=O) groups excluding carboxylic acids is 3. The van der Waals surface area contributed by atoms with Crippen LogP contribution in [0.25, 0.3) is 0 Å². The molecule has 0 saturated carbocycles. The number of nitrogens with zero attached hydrogens (tertiary/aromatic N) is 1. The summed E-state index contributed by atoms with van der Waals surface area (Å²) in [4.78, 5) is 48.5. The van der Waals surface area contributed by atoms with E-state index in [1.807, 2.05) is 0 Å². The molecular weight excluding hydrogens is 408 g/mol. The van der Waals surface area contributed by atoms with Gasteiger partial charge in [0.2, 0.25) is 5.91 Å². The van der Waals surface area contributed by atoms with Gasteiger partial charge >= 0.3 is 0 Å². The lowest BCUT2D eigenvalue weighted by atomic mass is 9.89. The van der Waals surface area contributed by atoms with Crippen molar-refractivity contribution in [3.8, 4) is 0 Å². The van der Waals surface area contributed by atoms with Crippen LogP contribution < -0.4 is 16.0 Å². The topological polar surface area (TPSA) is 177 Å². The molecule has 0 spiro atoms. The zero-order valence-corrected chi connectivity index (χ0v) is 18.1. The molecule has 0 bridgehead atoms. The van der Waals surface area contributed by atoms with Crippen molar-refractivity contribution in [3.05, 3.63) is 32.7 Å². The first-order valence-corrected chi connectivity index (χ1v) is 9.83. The molecule has 0 aromatic heterocycles. The Morgan fingerprint density at radius 1 is 0.839 bits per heavy atom. The quantitative estimate of drug-likeness (QED) is 0.261. The minimum atomic E-state index is -0.913. The molecule has 0 aliphatic carbocycles. The molecule has 1 unspecified atom stereocenters. The standard InChI is InChI=1S/C20H30N4O7/c1-5-15(28)24-18-11(3)16(19(29)22-13(7-25)6-21-31)10(2)17(12(18)4)20(30)23-14(8-26)9-27/h13-14,25-27H,5-9H2,1-4H3,(H,22,29)(H,23,30)(H,24,28). The molecule has 0 fully saturated rings. The molecule has 0 radical (unpaired) electrons. The average Bonchev–Trinajstić information content (AvgIpc) is 2.74. The summed E-state index contributed by atoms with van der Waals surface area (Å²) >= 11 is 0. The molecule has 3 amide bonds. The number of benzene rings is 1. The molecule has 1 aromatic carbocycles. The van der Waals surface area contributed by atoms with Gasteiger partial charge in [0.1, 0.15) is 6.54 Å². The first-order chi connectivity index (χ1) is 14.7. The van der Waals surface area contributed by atoms with Gasteiger partial charge in [0.05, 0.1) is 31.9 Å². The second kappa shape index (κ2) is 12.1. The van der Waals surface area contributed by atoms with Gasteiger partial charge in [0.25, 0.3) is 11.8 Å². The van der Waals surface area contributed by atoms with E-state index in [4.69, 9.17) is 0 Å². The van der Waals surface area contributed by atoms with E-state index in [1.165, 1.54) is 0 Å². The number of nitroso groups, excluding NO2 is 1. The maximum Gasteiger partial charge on any atom is 0.252 e. The lowest BCUT2D eigenvalue weighted by molar-refractivity contribution is -0.115. The zero-order valence-electron chi connectivity index (χ0n) is 18.1. The fraction of sp³-hybridized carbons (Fsp3) is 0.550. The number of rotatable bonds is 11. The van der Waals surface area contributed by atoms with Crippen LogP contribution in [0.2, 0.25) is 0 Å². The molecule has 0 heterocycles. The summed E-state index contributed by atoms with van der Waals surface area (Å²) in [5.41, 5.74) is 1.59. The molecule has 0 saturated heterocycles. The average molecular weight is 438 g/mol. The maximum atomic E-state index is 13.0. The van der Waals surface area contributed by atoms with Crippen LogP contribution in [0.5, 0.6) is 0 Å². The highest BCUT2D eigenvalue weighted by molar-refractivity contribution is 6.07. The first-order valence-electron chi connectivity index (χ1n) is 9.83. The Bertz CT molecular complexity index is 838. The van der Waals surface area contributed by atoms with Gasteiger partial charge in [-0.05, 0) is 37.5 Å². The van der Waals surface area contributed by atoms with E-state index >= 15 is 0 Å². The van der Waals surface area contributed by atoms with E-state index < -0.39 is 43.7 Å². The molecule has 1 aromatic rings. The van der Waals surface area contributed by atoms with Crippen molar-refractivity contribution in [1.82, 2.24) is 10.6 Å². The third kappa shape index (κ3) is 6.29. The minimum Gasteiger partial charge on any atom is -0.394 e. The third-order valence-electron chi connectivity index (χ3n) is 4.92. The monoisotopic (exact) mass is 438 g/mol. The Balaban J connectivity index is 3.62. The number of anilines is 1. The lowest BCUT2D eigenvalue weighted by Crippen LogP contribution is -2.42. The molecular formula is C20H30N4O7. The highest BCUT2D eigenvalue weighted by Crippen LogP contribution is 2.32. The SMILES string of the molecule is CCC(=O)Nc1c(C)c(C(=O)NC(CO)CO)c(C)c(C(=O)NC(CO)CN=O)c1C. The van der Waals surface area contributed by atoms with Crippen LogP contribution in [-0.2, 0) is 4.79 Å². The molecule has 0 aliphatic heterocycles. The van der Waals surface area contributed by atoms with E-state index in [9.17, 15) is 34.6 Å². The summed E-state index contributed by atoms with van der Waals surface area (Å²) < 4.78 is 0. The number of nitrogens with one attached hydrogen (secondary N) is 3. The smallest absolute Gasteiger partial charge is 0.252 e. The van der Waals surface area contributed by atoms with Gasteiger partial charge in [-0.2, -0.15) is 4.91 Å². The van der Waals surface area contributed by atoms with Gasteiger partial charge < -0.3 is 31.3 Å². The summed E-state index contributed by atoms with van der Waals surface area (Å²) in [7, 11) is 0. The van der Waals surface area contributed by atoms with E-state index in [-0.39, 0.29) is 35.7 Å². The normalized spacial score (nSPS) is 11.7.